The summed E-state index contributed by atoms with van der Waals surface area (Å²) in [7, 11) is -3.68. The summed E-state index contributed by atoms with van der Waals surface area (Å²) in [5, 5.41) is 1.18. The van der Waals surface area contributed by atoms with Crippen LogP contribution in [-0.2, 0) is 23.1 Å². The zero-order chi connectivity index (χ0) is 29.2. The minimum Gasteiger partial charge on any atom is -0.406 e. The molecule has 1 fully saturated rings. The van der Waals surface area contributed by atoms with Gasteiger partial charge in [0.15, 0.2) is 0 Å². The number of alkyl halides is 3. The number of piperazine rings is 1. The third kappa shape index (κ3) is 7.21. The number of ether oxygens (including phenoxy) is 1. The molecule has 0 spiro atoms. The molecule has 0 bridgehead atoms. The van der Waals surface area contributed by atoms with Crippen LogP contribution in [0.3, 0.4) is 0 Å². The molecule has 3 aromatic carbocycles. The van der Waals surface area contributed by atoms with Crippen molar-refractivity contribution in [2.24, 2.45) is 5.73 Å². The molecule has 5 rings (SSSR count). The van der Waals surface area contributed by atoms with Gasteiger partial charge in [0.05, 0.1) is 5.02 Å². The van der Waals surface area contributed by atoms with Crippen molar-refractivity contribution in [1.29, 1.82) is 0 Å². The van der Waals surface area contributed by atoms with E-state index in [0.717, 1.165) is 34.0 Å². The maximum atomic E-state index is 13.1. The van der Waals surface area contributed by atoms with Gasteiger partial charge in [-0.15, -0.1) is 25.6 Å². The summed E-state index contributed by atoms with van der Waals surface area (Å²) in [4.78, 5) is 2.32. The van der Waals surface area contributed by atoms with Crippen LogP contribution in [0.4, 0.5) is 13.2 Å². The Balaban J connectivity index is 0.00000405. The van der Waals surface area contributed by atoms with Gasteiger partial charge in [-0.05, 0) is 60.5 Å². The van der Waals surface area contributed by atoms with Gasteiger partial charge in [-0.1, -0.05) is 41.9 Å². The van der Waals surface area contributed by atoms with E-state index in [1.807, 2.05) is 12.3 Å². The zero-order valence-electron chi connectivity index (χ0n) is 22.6. The number of benzene rings is 3. The van der Waals surface area contributed by atoms with Gasteiger partial charge in [0, 0.05) is 61.9 Å². The molecule has 0 radical (unpaired) electrons. The van der Waals surface area contributed by atoms with Crippen LogP contribution in [0.25, 0.3) is 22.0 Å². The Morgan fingerprint density at radius 2 is 1.64 bits per heavy atom. The summed E-state index contributed by atoms with van der Waals surface area (Å²) in [6, 6.07) is 18.5. The lowest BCUT2D eigenvalue weighted by Crippen LogP contribution is -2.48. The number of fused-ring (bicyclic) bond motifs is 1. The lowest BCUT2D eigenvalue weighted by molar-refractivity contribution is -0.274. The molecule has 13 heteroatoms. The molecule has 1 aliphatic heterocycles. The first-order chi connectivity index (χ1) is 19.5. The van der Waals surface area contributed by atoms with Crippen LogP contribution in [0.5, 0.6) is 5.75 Å². The highest BCUT2D eigenvalue weighted by atomic mass is 35.5. The van der Waals surface area contributed by atoms with Crippen LogP contribution < -0.4 is 10.5 Å². The van der Waals surface area contributed by atoms with Gasteiger partial charge in [0.1, 0.15) is 10.6 Å². The Morgan fingerprint density at radius 3 is 2.29 bits per heavy atom. The van der Waals surface area contributed by atoms with E-state index in [-0.39, 0.29) is 28.1 Å². The van der Waals surface area contributed by atoms with Crippen LogP contribution >= 0.6 is 24.0 Å². The first kappa shape index (κ1) is 32.1. The smallest absolute Gasteiger partial charge is 0.406 e. The molecule has 42 heavy (non-hydrogen) atoms. The Bertz CT molecular complexity index is 1620. The van der Waals surface area contributed by atoms with Gasteiger partial charge >= 0.3 is 6.36 Å². The number of nitrogens with zero attached hydrogens (tertiary/aromatic N) is 3. The number of aryl methyl sites for hydroxylation is 1. The van der Waals surface area contributed by atoms with Crippen molar-refractivity contribution >= 4 is 44.9 Å². The van der Waals surface area contributed by atoms with Crippen LogP contribution in [0, 0.1) is 0 Å². The quantitative estimate of drug-likeness (QED) is 0.237. The van der Waals surface area contributed by atoms with E-state index in [0.29, 0.717) is 45.8 Å². The molecular formula is C29H31Cl2F3N4O3S. The summed E-state index contributed by atoms with van der Waals surface area (Å²) in [6.07, 6.45) is -1.97. The fraction of sp³-hybridized carbons (Fsp3) is 0.310. The molecule has 0 aliphatic carbocycles. The highest BCUT2D eigenvalue weighted by Gasteiger charge is 2.31. The van der Waals surface area contributed by atoms with Crippen molar-refractivity contribution in [2.45, 2.75) is 30.8 Å². The second kappa shape index (κ2) is 13.2. The van der Waals surface area contributed by atoms with E-state index in [2.05, 4.69) is 26.3 Å². The molecule has 7 nitrogen and oxygen atoms in total. The summed E-state index contributed by atoms with van der Waals surface area (Å²) in [5.41, 5.74) is 9.46. The maximum Gasteiger partial charge on any atom is 0.573 e. The average Bonchev–Trinajstić information content (AvgIpc) is 3.29. The molecule has 1 aliphatic rings. The van der Waals surface area contributed by atoms with E-state index < -0.39 is 16.4 Å². The lowest BCUT2D eigenvalue weighted by Gasteiger charge is -2.34. The van der Waals surface area contributed by atoms with Crippen molar-refractivity contribution in [3.05, 3.63) is 83.5 Å². The zero-order valence-corrected chi connectivity index (χ0v) is 24.9. The van der Waals surface area contributed by atoms with Crippen molar-refractivity contribution in [2.75, 3.05) is 32.7 Å². The van der Waals surface area contributed by atoms with E-state index in [1.165, 1.54) is 22.5 Å². The predicted octanol–water partition coefficient (Wildman–Crippen LogP) is 6.14. The van der Waals surface area contributed by atoms with Crippen LogP contribution in [0.1, 0.15) is 12.0 Å². The predicted molar refractivity (Wildman–Crippen MR) is 160 cm³/mol. The highest BCUT2D eigenvalue weighted by molar-refractivity contribution is 7.89. The topological polar surface area (TPSA) is 80.8 Å². The Labute approximate surface area is 254 Å². The summed E-state index contributed by atoms with van der Waals surface area (Å²) in [5.74, 6) is -0.274. The molecule has 2 N–H and O–H groups in total. The minimum absolute atomic E-state index is 0. The fourth-order valence-electron chi connectivity index (χ4n) is 5.13. The third-order valence-corrected chi connectivity index (χ3v) is 9.54. The van der Waals surface area contributed by atoms with E-state index in [4.69, 9.17) is 17.3 Å². The van der Waals surface area contributed by atoms with Gasteiger partial charge in [-0.3, -0.25) is 4.90 Å². The molecular weight excluding hydrogens is 612 g/mol. The van der Waals surface area contributed by atoms with Crippen molar-refractivity contribution in [1.82, 2.24) is 13.8 Å². The number of halogens is 5. The molecule has 0 unspecified atom stereocenters. The number of nitrogens with two attached hydrogens (primary N) is 1. The molecule has 4 aromatic rings. The van der Waals surface area contributed by atoms with Crippen molar-refractivity contribution in [3.8, 4) is 16.9 Å². The molecule has 0 atom stereocenters. The van der Waals surface area contributed by atoms with Gasteiger partial charge < -0.3 is 15.0 Å². The molecule has 0 amide bonds. The summed E-state index contributed by atoms with van der Waals surface area (Å²) >= 11 is 6.16. The average molecular weight is 644 g/mol. The molecule has 226 valence electrons. The Kier molecular flexibility index (Phi) is 10.1. The Morgan fingerprint density at radius 1 is 0.952 bits per heavy atom. The second-order valence-corrected chi connectivity index (χ2v) is 12.2. The van der Waals surface area contributed by atoms with Crippen LogP contribution in [0.15, 0.2) is 77.8 Å². The van der Waals surface area contributed by atoms with E-state index >= 15 is 0 Å². The fourth-order valence-corrected chi connectivity index (χ4v) is 7.05. The number of aromatic nitrogens is 1. The normalized spacial score (nSPS) is 15.1. The molecule has 2 heterocycles. The lowest BCUT2D eigenvalue weighted by atomic mass is 10.0. The number of sulfonamides is 1. The first-order valence-corrected chi connectivity index (χ1v) is 15.0. The van der Waals surface area contributed by atoms with Gasteiger partial charge in [-0.2, -0.15) is 4.31 Å². The Hall–Kier alpha value is -2.80. The summed E-state index contributed by atoms with van der Waals surface area (Å²) in [6.45, 7) is 3.70. The van der Waals surface area contributed by atoms with E-state index in [9.17, 15) is 21.6 Å². The second-order valence-electron chi connectivity index (χ2n) is 9.91. The molecule has 1 aromatic heterocycles. The SMILES string of the molecule is Cl.NCCCn1cc(-c2ccc(OC(F)(F)F)cc2)c2cc(CN3CCN(S(=O)(=O)c4ccccc4Cl)CC3)ccc21. The van der Waals surface area contributed by atoms with Gasteiger partial charge in [-0.25, -0.2) is 8.42 Å². The van der Waals surface area contributed by atoms with Gasteiger partial charge in [0.2, 0.25) is 10.0 Å². The number of hydrogen-bond acceptors (Lipinski definition) is 5. The maximum absolute atomic E-state index is 13.1. The van der Waals surface area contributed by atoms with Crippen molar-refractivity contribution < 1.29 is 26.3 Å². The van der Waals surface area contributed by atoms with Crippen LogP contribution in [-0.4, -0.2) is 61.3 Å². The van der Waals surface area contributed by atoms with Crippen molar-refractivity contribution in [3.63, 3.8) is 0 Å². The third-order valence-electron chi connectivity index (χ3n) is 7.14. The number of rotatable bonds is 9. The van der Waals surface area contributed by atoms with Gasteiger partial charge in [0.25, 0.3) is 0 Å². The van der Waals surface area contributed by atoms with E-state index in [1.54, 1.807) is 30.3 Å². The summed E-state index contributed by atoms with van der Waals surface area (Å²) < 4.78 is 71.7. The molecule has 1 saturated heterocycles. The monoisotopic (exact) mass is 642 g/mol. The highest BCUT2D eigenvalue weighted by Crippen LogP contribution is 2.34. The van der Waals surface area contributed by atoms with Crippen LogP contribution in [0.2, 0.25) is 5.02 Å². The number of hydrogen-bond donors (Lipinski definition) is 1. The standard InChI is InChI=1S/C29H30ClF3N4O3S.ClH/c30-26-4-1-2-5-28(26)41(38,39)37-16-14-35(15-17-37)19-21-6-11-27-24(18-21)25(20-36(27)13-3-12-34)22-7-9-23(10-8-22)40-29(31,32)33;/h1-2,4-11,18,20H,3,12-17,19,34H2;1H. The molecule has 0 saturated carbocycles. The largest absolute Gasteiger partial charge is 0.573 e. The minimum atomic E-state index is -4.75. The first-order valence-electron chi connectivity index (χ1n) is 13.2.